The van der Waals surface area contributed by atoms with E-state index in [0.717, 1.165) is 10.8 Å². The summed E-state index contributed by atoms with van der Waals surface area (Å²) in [4.78, 5) is 6.91. The van der Waals surface area contributed by atoms with Crippen molar-refractivity contribution >= 4 is 28.0 Å². The van der Waals surface area contributed by atoms with Crippen LogP contribution in [0.25, 0.3) is 0 Å². The molecule has 17 heavy (non-hydrogen) atoms. The molecule has 0 saturated heterocycles. The van der Waals surface area contributed by atoms with Crippen molar-refractivity contribution in [1.82, 2.24) is 4.98 Å². The highest BCUT2D eigenvalue weighted by Crippen LogP contribution is 2.32. The van der Waals surface area contributed by atoms with Gasteiger partial charge in [-0.05, 0) is 12.1 Å². The minimum Gasteiger partial charge on any atom is -0.364 e. The molecule has 4 nitrogen and oxygen atoms in total. The van der Waals surface area contributed by atoms with E-state index < -0.39 is 0 Å². The van der Waals surface area contributed by atoms with Gasteiger partial charge in [-0.2, -0.15) is 5.26 Å². The van der Waals surface area contributed by atoms with Gasteiger partial charge in [-0.1, -0.05) is 29.5 Å². The molecule has 0 bridgehead atoms. The first-order chi connectivity index (χ1) is 8.26. The Labute approximate surface area is 104 Å². The van der Waals surface area contributed by atoms with Crippen LogP contribution in [0.1, 0.15) is 4.88 Å². The normalized spacial score (nSPS) is 9.71. The average Bonchev–Trinajstić information content (AvgIpc) is 2.82. The lowest BCUT2D eigenvalue weighted by Gasteiger charge is -2.16. The van der Waals surface area contributed by atoms with Gasteiger partial charge >= 0.3 is 0 Å². The first-order valence-corrected chi connectivity index (χ1v) is 5.95. The summed E-state index contributed by atoms with van der Waals surface area (Å²) in [6, 6.07) is 12.0. The number of aromatic nitrogens is 1. The molecule has 2 rings (SSSR count). The smallest absolute Gasteiger partial charge is 0.185 e. The van der Waals surface area contributed by atoms with Crippen molar-refractivity contribution in [2.75, 3.05) is 24.3 Å². The Bertz CT molecular complexity index is 541. The molecular formula is C12H12N4S. The summed E-state index contributed by atoms with van der Waals surface area (Å²) in [6.07, 6.45) is 0. The predicted molar refractivity (Wildman–Crippen MR) is 70.9 cm³/mol. The Hall–Kier alpha value is -2.06. The second kappa shape index (κ2) is 4.85. The molecule has 0 atom stereocenters. The maximum absolute atomic E-state index is 9.09. The third kappa shape index (κ3) is 2.22. The predicted octanol–water partition coefficient (Wildman–Crippen LogP) is 2.82. The molecule has 0 amide bonds. The number of para-hydroxylation sites is 1. The second-order valence-electron chi connectivity index (χ2n) is 3.43. The topological polar surface area (TPSA) is 52.0 Å². The van der Waals surface area contributed by atoms with E-state index in [-0.39, 0.29) is 0 Å². The molecule has 0 aliphatic rings. The van der Waals surface area contributed by atoms with Crippen LogP contribution in [0.4, 0.5) is 16.6 Å². The van der Waals surface area contributed by atoms with Crippen molar-refractivity contribution in [3.8, 4) is 6.07 Å². The lowest BCUT2D eigenvalue weighted by atomic mass is 10.3. The summed E-state index contributed by atoms with van der Waals surface area (Å²) in [7, 11) is 3.71. The van der Waals surface area contributed by atoms with Crippen LogP contribution in [0.15, 0.2) is 30.3 Å². The van der Waals surface area contributed by atoms with E-state index in [2.05, 4.69) is 16.4 Å². The van der Waals surface area contributed by atoms with Crippen molar-refractivity contribution < 1.29 is 0 Å². The number of nitriles is 1. The Morgan fingerprint density at radius 2 is 2.06 bits per heavy atom. The van der Waals surface area contributed by atoms with Gasteiger partial charge in [0.1, 0.15) is 6.07 Å². The van der Waals surface area contributed by atoms with Crippen LogP contribution in [0.5, 0.6) is 0 Å². The van der Waals surface area contributed by atoms with E-state index in [4.69, 9.17) is 5.26 Å². The summed E-state index contributed by atoms with van der Waals surface area (Å²) in [5.41, 5.74) is 1.01. The summed E-state index contributed by atoms with van der Waals surface area (Å²) < 4.78 is 0. The fraction of sp³-hybridized carbons (Fsp3) is 0.167. The first kappa shape index (κ1) is 11.4. The molecule has 1 aromatic heterocycles. The number of anilines is 3. The van der Waals surface area contributed by atoms with Gasteiger partial charge in [0.15, 0.2) is 15.8 Å². The van der Waals surface area contributed by atoms with Crippen LogP contribution in [0, 0.1) is 11.3 Å². The maximum Gasteiger partial charge on any atom is 0.185 e. The van der Waals surface area contributed by atoms with Crippen LogP contribution in [-0.2, 0) is 0 Å². The fourth-order valence-electron chi connectivity index (χ4n) is 1.49. The fourth-order valence-corrected chi connectivity index (χ4v) is 2.24. The van der Waals surface area contributed by atoms with Crippen LogP contribution in [-0.4, -0.2) is 19.1 Å². The molecule has 2 aromatic rings. The molecule has 5 heteroatoms. The molecule has 0 aliphatic heterocycles. The Balaban J connectivity index is 2.40. The van der Waals surface area contributed by atoms with E-state index in [0.29, 0.717) is 10.7 Å². The summed E-state index contributed by atoms with van der Waals surface area (Å²) in [6.45, 7) is 0. The SMILES string of the molecule is CNc1nc(N(C)c2ccccc2)c(C#N)s1. The summed E-state index contributed by atoms with van der Waals surface area (Å²) >= 11 is 1.36. The molecular weight excluding hydrogens is 232 g/mol. The van der Waals surface area contributed by atoms with Gasteiger partial charge in [0, 0.05) is 19.8 Å². The maximum atomic E-state index is 9.09. The Morgan fingerprint density at radius 1 is 1.35 bits per heavy atom. The zero-order valence-corrected chi connectivity index (χ0v) is 10.5. The monoisotopic (exact) mass is 244 g/mol. The standard InChI is InChI=1S/C12H12N4S/c1-14-12-15-11(10(8-13)17-12)16(2)9-6-4-3-5-7-9/h3-7H,1-2H3,(H,14,15). The number of benzene rings is 1. The molecule has 1 aromatic carbocycles. The Morgan fingerprint density at radius 3 is 2.65 bits per heavy atom. The molecule has 86 valence electrons. The van der Waals surface area contributed by atoms with Crippen molar-refractivity contribution in [1.29, 1.82) is 5.26 Å². The van der Waals surface area contributed by atoms with Gasteiger partial charge in [-0.15, -0.1) is 0 Å². The van der Waals surface area contributed by atoms with E-state index in [1.54, 1.807) is 7.05 Å². The quantitative estimate of drug-likeness (QED) is 0.902. The van der Waals surface area contributed by atoms with Crippen molar-refractivity contribution in [2.24, 2.45) is 0 Å². The van der Waals surface area contributed by atoms with Crippen LogP contribution >= 0.6 is 11.3 Å². The summed E-state index contributed by atoms with van der Waals surface area (Å²) in [5.74, 6) is 0.688. The van der Waals surface area contributed by atoms with E-state index in [1.807, 2.05) is 42.3 Å². The zero-order valence-electron chi connectivity index (χ0n) is 9.64. The number of thiazole rings is 1. The highest BCUT2D eigenvalue weighted by molar-refractivity contribution is 7.16. The minimum atomic E-state index is 0.612. The third-order valence-electron chi connectivity index (χ3n) is 2.39. The van der Waals surface area contributed by atoms with E-state index >= 15 is 0 Å². The van der Waals surface area contributed by atoms with E-state index in [9.17, 15) is 0 Å². The van der Waals surface area contributed by atoms with Gasteiger partial charge in [-0.3, -0.25) is 0 Å². The number of rotatable bonds is 3. The first-order valence-electron chi connectivity index (χ1n) is 5.13. The largest absolute Gasteiger partial charge is 0.364 e. The highest BCUT2D eigenvalue weighted by Gasteiger charge is 2.15. The molecule has 0 radical (unpaired) electrons. The number of nitrogens with zero attached hydrogens (tertiary/aromatic N) is 3. The number of nitrogens with one attached hydrogen (secondary N) is 1. The van der Waals surface area contributed by atoms with Gasteiger partial charge < -0.3 is 10.2 Å². The van der Waals surface area contributed by atoms with Crippen LogP contribution in [0.3, 0.4) is 0 Å². The van der Waals surface area contributed by atoms with Crippen molar-refractivity contribution in [3.63, 3.8) is 0 Å². The molecule has 0 saturated carbocycles. The second-order valence-corrected chi connectivity index (χ2v) is 4.43. The van der Waals surface area contributed by atoms with Crippen molar-refractivity contribution in [2.45, 2.75) is 0 Å². The number of hydrogen-bond donors (Lipinski definition) is 1. The average molecular weight is 244 g/mol. The lowest BCUT2D eigenvalue weighted by molar-refractivity contribution is 1.14. The van der Waals surface area contributed by atoms with Gasteiger partial charge in [0.2, 0.25) is 0 Å². The minimum absolute atomic E-state index is 0.612. The molecule has 0 spiro atoms. The zero-order chi connectivity index (χ0) is 12.3. The lowest BCUT2D eigenvalue weighted by Crippen LogP contribution is -2.10. The van der Waals surface area contributed by atoms with Crippen LogP contribution < -0.4 is 10.2 Å². The summed E-state index contributed by atoms with van der Waals surface area (Å²) in [5, 5.41) is 12.8. The molecule has 1 heterocycles. The molecule has 0 aliphatic carbocycles. The molecule has 0 unspecified atom stereocenters. The van der Waals surface area contributed by atoms with Crippen molar-refractivity contribution in [3.05, 3.63) is 35.2 Å². The van der Waals surface area contributed by atoms with Gasteiger partial charge in [0.05, 0.1) is 0 Å². The van der Waals surface area contributed by atoms with Gasteiger partial charge in [-0.25, -0.2) is 4.98 Å². The Kier molecular flexibility index (Phi) is 3.26. The highest BCUT2D eigenvalue weighted by atomic mass is 32.1. The van der Waals surface area contributed by atoms with Gasteiger partial charge in [0.25, 0.3) is 0 Å². The third-order valence-corrected chi connectivity index (χ3v) is 3.35. The molecule has 0 fully saturated rings. The molecule has 1 N–H and O–H groups in total. The van der Waals surface area contributed by atoms with E-state index in [1.165, 1.54) is 11.3 Å². The van der Waals surface area contributed by atoms with Crippen LogP contribution in [0.2, 0.25) is 0 Å². The number of hydrogen-bond acceptors (Lipinski definition) is 5.